The second-order valence-electron chi connectivity index (χ2n) is 11.8. The van der Waals surface area contributed by atoms with Crippen LogP contribution in [0.4, 0.5) is 0 Å². The number of benzene rings is 2. The largest absolute Gasteiger partial charge is 0.0622 e. The van der Waals surface area contributed by atoms with Crippen molar-refractivity contribution in [3.05, 3.63) is 82.4 Å². The summed E-state index contributed by atoms with van der Waals surface area (Å²) in [5.41, 5.74) is 10.0. The van der Waals surface area contributed by atoms with E-state index in [1.165, 1.54) is 81.8 Å². The molecule has 0 saturated heterocycles. The predicted octanol–water partition coefficient (Wildman–Crippen LogP) is 9.05. The summed E-state index contributed by atoms with van der Waals surface area (Å²) in [6.07, 6.45) is 18.5. The van der Waals surface area contributed by atoms with Crippen LogP contribution in [0.5, 0.6) is 0 Å². The Bertz CT molecular complexity index is 1060. The molecule has 2 aromatic carbocycles. The Morgan fingerprint density at radius 3 is 1.91 bits per heavy atom. The summed E-state index contributed by atoms with van der Waals surface area (Å²) in [5.74, 6) is 4.94. The number of fused-ring (bicyclic) bond motifs is 7. The van der Waals surface area contributed by atoms with Gasteiger partial charge in [-0.05, 0) is 108 Å². The van der Waals surface area contributed by atoms with Crippen molar-refractivity contribution >= 4 is 11.6 Å². The molecule has 2 bridgehead atoms. The van der Waals surface area contributed by atoms with E-state index in [0.29, 0.717) is 0 Å². The molecule has 2 aromatic rings. The van der Waals surface area contributed by atoms with Gasteiger partial charge in [0.15, 0.2) is 0 Å². The average Bonchev–Trinajstić information content (AvgIpc) is 3.68. The SMILES string of the molecule is C1=C(C(=C(C2CCCC2)C2CCCC2)c2ccccc2)[C@H]2[C@@H]3CC[C@@H](C3)[C@H]2c2ccccc21. The zero-order valence-electron chi connectivity index (χ0n) is 20.0. The van der Waals surface area contributed by atoms with Gasteiger partial charge in [-0.15, -0.1) is 0 Å². The second kappa shape index (κ2) is 8.30. The number of rotatable bonds is 4. The first-order valence-electron chi connectivity index (χ1n) is 14.0. The molecule has 7 rings (SSSR count). The number of allylic oxidation sites excluding steroid dienone is 3. The van der Waals surface area contributed by atoms with Crippen LogP contribution in [0, 0.1) is 29.6 Å². The van der Waals surface area contributed by atoms with E-state index in [9.17, 15) is 0 Å². The van der Waals surface area contributed by atoms with Crippen LogP contribution in [-0.2, 0) is 0 Å². The van der Waals surface area contributed by atoms with E-state index in [1.807, 2.05) is 5.57 Å². The van der Waals surface area contributed by atoms with Gasteiger partial charge in [0, 0.05) is 0 Å². The molecule has 0 heteroatoms. The van der Waals surface area contributed by atoms with E-state index in [4.69, 9.17) is 0 Å². The number of hydrogen-bond acceptors (Lipinski definition) is 0. The highest BCUT2D eigenvalue weighted by Gasteiger charge is 2.52. The Labute approximate surface area is 200 Å². The van der Waals surface area contributed by atoms with E-state index in [2.05, 4.69) is 60.7 Å². The third-order valence-corrected chi connectivity index (χ3v) is 10.2. The van der Waals surface area contributed by atoms with Crippen molar-refractivity contribution in [1.29, 1.82) is 0 Å². The molecule has 4 saturated carbocycles. The summed E-state index contributed by atoms with van der Waals surface area (Å²) in [6.45, 7) is 0. The van der Waals surface area contributed by atoms with Crippen LogP contribution in [0.15, 0.2) is 65.7 Å². The molecule has 5 aliphatic rings. The van der Waals surface area contributed by atoms with Crippen molar-refractivity contribution in [2.24, 2.45) is 29.6 Å². The van der Waals surface area contributed by atoms with Crippen LogP contribution in [0.2, 0.25) is 0 Å². The van der Waals surface area contributed by atoms with Crippen molar-refractivity contribution in [2.75, 3.05) is 0 Å². The molecule has 0 N–H and O–H groups in total. The van der Waals surface area contributed by atoms with Crippen molar-refractivity contribution in [1.82, 2.24) is 0 Å². The summed E-state index contributed by atoms with van der Waals surface area (Å²) < 4.78 is 0. The highest BCUT2D eigenvalue weighted by molar-refractivity contribution is 5.89. The predicted molar refractivity (Wildman–Crippen MR) is 139 cm³/mol. The van der Waals surface area contributed by atoms with Gasteiger partial charge in [0.25, 0.3) is 0 Å². The van der Waals surface area contributed by atoms with Gasteiger partial charge in [0.05, 0.1) is 0 Å². The highest BCUT2D eigenvalue weighted by Crippen LogP contribution is 2.64. The standard InChI is InChI=1S/C33H38/c1-2-10-24(11-3-1)31(30(22-12-4-5-13-22)23-14-6-7-15-23)29-21-25-16-8-9-17-28(25)32-26-18-19-27(20-26)33(29)32/h1-3,8-11,16-17,21-23,26-27,32-33H,4-7,12-15,18-20H2/t26-,27+,32-,33+/m0/s1. The number of hydrogen-bond donors (Lipinski definition) is 0. The molecule has 5 aliphatic carbocycles. The minimum Gasteiger partial charge on any atom is -0.0622 e. The Hall–Kier alpha value is -2.08. The lowest BCUT2D eigenvalue weighted by Gasteiger charge is -2.40. The average molecular weight is 435 g/mol. The van der Waals surface area contributed by atoms with Gasteiger partial charge in [0.2, 0.25) is 0 Å². The van der Waals surface area contributed by atoms with E-state index in [0.717, 1.165) is 35.5 Å². The van der Waals surface area contributed by atoms with Crippen molar-refractivity contribution in [3.8, 4) is 0 Å². The molecule has 0 radical (unpaired) electrons. The minimum atomic E-state index is 0.742. The van der Waals surface area contributed by atoms with Gasteiger partial charge in [-0.2, -0.15) is 0 Å². The van der Waals surface area contributed by atoms with Gasteiger partial charge < -0.3 is 0 Å². The molecule has 0 heterocycles. The summed E-state index contributed by atoms with van der Waals surface area (Å²) in [5, 5.41) is 0. The first-order chi connectivity index (χ1) is 16.4. The summed E-state index contributed by atoms with van der Waals surface area (Å²) in [4.78, 5) is 0. The van der Waals surface area contributed by atoms with Crippen LogP contribution in [0.3, 0.4) is 0 Å². The molecule has 0 nitrogen and oxygen atoms in total. The highest BCUT2D eigenvalue weighted by atomic mass is 14.6. The zero-order chi connectivity index (χ0) is 21.8. The van der Waals surface area contributed by atoms with Crippen LogP contribution in [0.1, 0.15) is 93.2 Å². The van der Waals surface area contributed by atoms with E-state index in [-0.39, 0.29) is 0 Å². The molecule has 0 aromatic heterocycles. The molecular weight excluding hydrogens is 396 g/mol. The summed E-state index contributed by atoms with van der Waals surface area (Å²) >= 11 is 0. The lowest BCUT2D eigenvalue weighted by atomic mass is 9.64. The maximum absolute atomic E-state index is 2.67. The quantitative estimate of drug-likeness (QED) is 0.450. The van der Waals surface area contributed by atoms with E-state index < -0.39 is 0 Å². The zero-order valence-corrected chi connectivity index (χ0v) is 20.0. The van der Waals surface area contributed by atoms with Crippen LogP contribution in [-0.4, -0.2) is 0 Å². The molecule has 0 unspecified atom stereocenters. The van der Waals surface area contributed by atoms with Crippen molar-refractivity contribution in [3.63, 3.8) is 0 Å². The molecule has 0 amide bonds. The van der Waals surface area contributed by atoms with Gasteiger partial charge in [0.1, 0.15) is 0 Å². The van der Waals surface area contributed by atoms with Crippen LogP contribution >= 0.6 is 0 Å². The lowest BCUT2D eigenvalue weighted by Crippen LogP contribution is -2.27. The van der Waals surface area contributed by atoms with Crippen LogP contribution < -0.4 is 0 Å². The second-order valence-corrected chi connectivity index (χ2v) is 11.8. The normalized spacial score (nSPS) is 30.8. The molecule has 4 fully saturated rings. The Morgan fingerprint density at radius 1 is 0.606 bits per heavy atom. The first-order valence-corrected chi connectivity index (χ1v) is 14.0. The molecule has 0 aliphatic heterocycles. The minimum absolute atomic E-state index is 0.742. The topological polar surface area (TPSA) is 0 Å². The maximum Gasteiger partial charge on any atom is -0.00554 e. The summed E-state index contributed by atoms with van der Waals surface area (Å²) in [7, 11) is 0. The fourth-order valence-corrected chi connectivity index (χ4v) is 8.95. The van der Waals surface area contributed by atoms with E-state index in [1.54, 1.807) is 16.7 Å². The smallest absolute Gasteiger partial charge is 0.00554 e. The fraction of sp³-hybridized carbons (Fsp3) is 0.515. The Kier molecular flexibility index (Phi) is 5.11. The Morgan fingerprint density at radius 2 is 1.21 bits per heavy atom. The van der Waals surface area contributed by atoms with Crippen LogP contribution in [0.25, 0.3) is 11.6 Å². The van der Waals surface area contributed by atoms with Gasteiger partial charge in [-0.1, -0.05) is 91.9 Å². The van der Waals surface area contributed by atoms with Gasteiger partial charge in [-0.25, -0.2) is 0 Å². The molecule has 33 heavy (non-hydrogen) atoms. The van der Waals surface area contributed by atoms with Gasteiger partial charge in [-0.3, -0.25) is 0 Å². The van der Waals surface area contributed by atoms with Crippen molar-refractivity contribution in [2.45, 2.75) is 76.5 Å². The Balaban J connectivity index is 1.48. The summed E-state index contributed by atoms with van der Waals surface area (Å²) in [6, 6.07) is 21.1. The van der Waals surface area contributed by atoms with Gasteiger partial charge >= 0.3 is 0 Å². The third-order valence-electron chi connectivity index (χ3n) is 10.2. The monoisotopic (exact) mass is 434 g/mol. The molecular formula is C33H38. The van der Waals surface area contributed by atoms with E-state index >= 15 is 0 Å². The maximum atomic E-state index is 2.67. The fourth-order valence-electron chi connectivity index (χ4n) is 8.95. The first kappa shape index (κ1) is 20.3. The lowest BCUT2D eigenvalue weighted by molar-refractivity contribution is 0.330. The van der Waals surface area contributed by atoms with Crippen molar-refractivity contribution < 1.29 is 0 Å². The molecule has 170 valence electrons. The third kappa shape index (κ3) is 3.31. The molecule has 0 spiro atoms. The molecule has 4 atom stereocenters.